The first-order valence-electron chi connectivity index (χ1n) is 5.33. The first-order chi connectivity index (χ1) is 7.13. The predicted molar refractivity (Wildman–Crippen MR) is 65.3 cm³/mol. The van der Waals surface area contributed by atoms with Crippen molar-refractivity contribution in [2.45, 2.75) is 38.6 Å². The van der Waals surface area contributed by atoms with E-state index in [1.165, 1.54) is 6.07 Å². The maximum atomic E-state index is 13.3. The van der Waals surface area contributed by atoms with Gasteiger partial charge in [-0.2, -0.15) is 0 Å². The van der Waals surface area contributed by atoms with Crippen LogP contribution in [-0.2, 0) is 6.42 Å². The van der Waals surface area contributed by atoms with Gasteiger partial charge in [-0.1, -0.05) is 29.3 Å². The molecule has 0 aliphatic carbocycles. The van der Waals surface area contributed by atoms with E-state index in [9.17, 15) is 4.39 Å². The van der Waals surface area contributed by atoms with Crippen LogP contribution < -0.4 is 5.73 Å². The number of rotatable bonds is 5. The van der Waals surface area contributed by atoms with E-state index >= 15 is 0 Å². The summed E-state index contributed by atoms with van der Waals surface area (Å²) in [6, 6.07) is 5.22. The zero-order valence-electron chi connectivity index (χ0n) is 8.97. The Labute approximate surface area is 99.0 Å². The van der Waals surface area contributed by atoms with Crippen molar-refractivity contribution in [3.63, 3.8) is 0 Å². The molecule has 84 valence electrons. The molecule has 15 heavy (non-hydrogen) atoms. The lowest BCUT2D eigenvalue weighted by Crippen LogP contribution is -2.20. The van der Waals surface area contributed by atoms with E-state index in [0.29, 0.717) is 6.42 Å². The van der Waals surface area contributed by atoms with Crippen LogP contribution in [-0.4, -0.2) is 6.04 Å². The fourth-order valence-corrected chi connectivity index (χ4v) is 2.00. The second-order valence-electron chi connectivity index (χ2n) is 3.82. The van der Waals surface area contributed by atoms with Crippen LogP contribution in [0.15, 0.2) is 22.7 Å². The zero-order valence-corrected chi connectivity index (χ0v) is 10.6. The summed E-state index contributed by atoms with van der Waals surface area (Å²) in [7, 11) is 0. The van der Waals surface area contributed by atoms with Gasteiger partial charge in [-0.3, -0.25) is 0 Å². The average molecular weight is 274 g/mol. The van der Waals surface area contributed by atoms with Crippen molar-refractivity contribution in [2.24, 2.45) is 5.73 Å². The third-order valence-electron chi connectivity index (χ3n) is 2.45. The van der Waals surface area contributed by atoms with Gasteiger partial charge in [-0.15, -0.1) is 0 Å². The molecule has 1 aromatic carbocycles. The van der Waals surface area contributed by atoms with E-state index in [1.807, 2.05) is 6.07 Å². The van der Waals surface area contributed by atoms with Crippen LogP contribution in [0.25, 0.3) is 0 Å². The van der Waals surface area contributed by atoms with Gasteiger partial charge in [-0.25, -0.2) is 4.39 Å². The van der Waals surface area contributed by atoms with Gasteiger partial charge in [0.25, 0.3) is 0 Å². The molecule has 0 amide bonds. The maximum Gasteiger partial charge on any atom is 0.126 e. The largest absolute Gasteiger partial charge is 0.328 e. The Morgan fingerprint density at radius 2 is 2.13 bits per heavy atom. The molecule has 1 unspecified atom stereocenters. The summed E-state index contributed by atoms with van der Waals surface area (Å²) in [5, 5.41) is 0. The zero-order chi connectivity index (χ0) is 11.3. The molecule has 0 saturated carbocycles. The SMILES string of the molecule is CCCC(N)CCc1cc(Br)ccc1F. The standard InChI is InChI=1S/C12H17BrFN/c1-2-3-11(15)6-4-9-8-10(13)5-7-12(9)14/h5,7-8,11H,2-4,6,15H2,1H3. The molecule has 2 N–H and O–H groups in total. The first kappa shape index (κ1) is 12.7. The number of nitrogens with two attached hydrogens (primary N) is 1. The highest BCUT2D eigenvalue weighted by Crippen LogP contribution is 2.17. The van der Waals surface area contributed by atoms with Crippen molar-refractivity contribution in [1.29, 1.82) is 0 Å². The Balaban J connectivity index is 2.53. The summed E-state index contributed by atoms with van der Waals surface area (Å²) in [5.74, 6) is -0.137. The minimum Gasteiger partial charge on any atom is -0.328 e. The van der Waals surface area contributed by atoms with Crippen molar-refractivity contribution >= 4 is 15.9 Å². The molecule has 0 radical (unpaired) electrons. The third kappa shape index (κ3) is 4.31. The van der Waals surface area contributed by atoms with Gasteiger partial charge in [0.2, 0.25) is 0 Å². The van der Waals surface area contributed by atoms with Crippen molar-refractivity contribution in [3.8, 4) is 0 Å². The Morgan fingerprint density at radius 3 is 2.80 bits per heavy atom. The Bertz CT molecular complexity index is 314. The van der Waals surface area contributed by atoms with Gasteiger partial charge in [0, 0.05) is 10.5 Å². The van der Waals surface area contributed by atoms with Crippen molar-refractivity contribution in [3.05, 3.63) is 34.1 Å². The van der Waals surface area contributed by atoms with Crippen LogP contribution in [0.4, 0.5) is 4.39 Å². The first-order valence-corrected chi connectivity index (χ1v) is 6.12. The van der Waals surface area contributed by atoms with E-state index in [-0.39, 0.29) is 11.9 Å². The van der Waals surface area contributed by atoms with Crippen molar-refractivity contribution in [1.82, 2.24) is 0 Å². The van der Waals surface area contributed by atoms with E-state index in [2.05, 4.69) is 22.9 Å². The van der Waals surface area contributed by atoms with E-state index in [0.717, 1.165) is 29.3 Å². The highest BCUT2D eigenvalue weighted by molar-refractivity contribution is 9.10. The van der Waals surface area contributed by atoms with Gasteiger partial charge in [0.1, 0.15) is 5.82 Å². The lowest BCUT2D eigenvalue weighted by atomic mass is 10.0. The molecular weight excluding hydrogens is 257 g/mol. The maximum absolute atomic E-state index is 13.3. The van der Waals surface area contributed by atoms with Crippen molar-refractivity contribution in [2.75, 3.05) is 0 Å². The van der Waals surface area contributed by atoms with Gasteiger partial charge in [0.15, 0.2) is 0 Å². The molecule has 0 bridgehead atoms. The molecule has 1 atom stereocenters. The highest BCUT2D eigenvalue weighted by atomic mass is 79.9. The molecule has 0 spiro atoms. The molecule has 0 aliphatic rings. The van der Waals surface area contributed by atoms with Crippen LogP contribution >= 0.6 is 15.9 Å². The van der Waals surface area contributed by atoms with Crippen LogP contribution in [0, 0.1) is 5.82 Å². The molecule has 0 heterocycles. The molecule has 1 aromatic rings. The summed E-state index contributed by atoms with van der Waals surface area (Å²) in [5.41, 5.74) is 6.63. The van der Waals surface area contributed by atoms with E-state index in [4.69, 9.17) is 5.73 Å². The quantitative estimate of drug-likeness (QED) is 0.871. The predicted octanol–water partition coefficient (Wildman–Crippen LogP) is 3.65. The van der Waals surface area contributed by atoms with Gasteiger partial charge in [0.05, 0.1) is 0 Å². The van der Waals surface area contributed by atoms with E-state index < -0.39 is 0 Å². The third-order valence-corrected chi connectivity index (χ3v) is 2.94. The number of halogens is 2. The number of benzene rings is 1. The molecule has 3 heteroatoms. The number of hydrogen-bond acceptors (Lipinski definition) is 1. The molecule has 0 aliphatic heterocycles. The average Bonchev–Trinajstić information content (AvgIpc) is 2.20. The Hall–Kier alpha value is -0.410. The number of hydrogen-bond donors (Lipinski definition) is 1. The molecule has 0 fully saturated rings. The second kappa shape index (κ2) is 6.23. The fraction of sp³-hybridized carbons (Fsp3) is 0.500. The smallest absolute Gasteiger partial charge is 0.126 e. The number of aryl methyl sites for hydroxylation is 1. The van der Waals surface area contributed by atoms with Crippen LogP contribution in [0.1, 0.15) is 31.7 Å². The minimum atomic E-state index is -0.137. The van der Waals surface area contributed by atoms with Crippen molar-refractivity contribution < 1.29 is 4.39 Å². The molecule has 1 nitrogen and oxygen atoms in total. The van der Waals surface area contributed by atoms with E-state index in [1.54, 1.807) is 6.07 Å². The molecule has 0 aromatic heterocycles. The summed E-state index contributed by atoms with van der Waals surface area (Å²) in [6.07, 6.45) is 3.66. The Kier molecular flexibility index (Phi) is 5.26. The summed E-state index contributed by atoms with van der Waals surface area (Å²) < 4.78 is 14.3. The highest BCUT2D eigenvalue weighted by Gasteiger charge is 2.06. The van der Waals surface area contributed by atoms with Crippen LogP contribution in [0.3, 0.4) is 0 Å². The summed E-state index contributed by atoms with van der Waals surface area (Å²) in [4.78, 5) is 0. The topological polar surface area (TPSA) is 26.0 Å². The van der Waals surface area contributed by atoms with Crippen LogP contribution in [0.5, 0.6) is 0 Å². The lowest BCUT2D eigenvalue weighted by Gasteiger charge is -2.10. The minimum absolute atomic E-state index is 0.137. The monoisotopic (exact) mass is 273 g/mol. The second-order valence-corrected chi connectivity index (χ2v) is 4.74. The Morgan fingerprint density at radius 1 is 1.40 bits per heavy atom. The summed E-state index contributed by atoms with van der Waals surface area (Å²) in [6.45, 7) is 2.11. The normalized spacial score (nSPS) is 12.8. The molecule has 1 rings (SSSR count). The summed E-state index contributed by atoms with van der Waals surface area (Å²) >= 11 is 3.34. The van der Waals surface area contributed by atoms with Crippen LogP contribution in [0.2, 0.25) is 0 Å². The lowest BCUT2D eigenvalue weighted by molar-refractivity contribution is 0.544. The fourth-order valence-electron chi connectivity index (χ4n) is 1.59. The van der Waals surface area contributed by atoms with Gasteiger partial charge in [-0.05, 0) is 43.0 Å². The van der Waals surface area contributed by atoms with Gasteiger partial charge < -0.3 is 5.73 Å². The molecule has 0 saturated heterocycles. The molecular formula is C12H17BrFN. The van der Waals surface area contributed by atoms with Gasteiger partial charge >= 0.3 is 0 Å².